The van der Waals surface area contributed by atoms with Crippen LogP contribution in [0, 0.1) is 11.8 Å². The van der Waals surface area contributed by atoms with E-state index in [1.54, 1.807) is 0 Å². The van der Waals surface area contributed by atoms with Crippen molar-refractivity contribution in [1.82, 2.24) is 0 Å². The maximum absolute atomic E-state index is 10.8. The van der Waals surface area contributed by atoms with E-state index in [1.165, 1.54) is 14.2 Å². The molecule has 2 saturated heterocycles. The fourth-order valence-corrected chi connectivity index (χ4v) is 1.93. The Hall–Kier alpha value is -0.640. The number of hydrogen-bond acceptors (Lipinski definition) is 8. The Bertz CT molecular complexity index is 316. The summed E-state index contributed by atoms with van der Waals surface area (Å²) in [5, 5.41) is 0. The third-order valence-corrected chi connectivity index (χ3v) is 3.26. The molecule has 22 heavy (non-hydrogen) atoms. The van der Waals surface area contributed by atoms with Crippen molar-refractivity contribution in [3.8, 4) is 0 Å². The van der Waals surface area contributed by atoms with Crippen LogP contribution in [0.15, 0.2) is 0 Å². The summed E-state index contributed by atoms with van der Waals surface area (Å²) in [4.78, 5) is 21.7. The molecular weight excluding hydrogens is 339 g/mol. The fourth-order valence-electron chi connectivity index (χ4n) is 1.93. The summed E-state index contributed by atoms with van der Waals surface area (Å²) in [6.07, 6.45) is 0. The molecule has 2 fully saturated rings. The molecule has 2 aliphatic heterocycles. The average molecular weight is 363 g/mol. The highest BCUT2D eigenvalue weighted by Gasteiger charge is 2.32. The Morgan fingerprint density at radius 2 is 1.14 bits per heavy atom. The van der Waals surface area contributed by atoms with Gasteiger partial charge >= 0.3 is 11.9 Å². The van der Waals surface area contributed by atoms with E-state index in [-0.39, 0.29) is 60.7 Å². The molecule has 8 nitrogen and oxygen atoms in total. The van der Waals surface area contributed by atoms with E-state index in [1.807, 2.05) is 0 Å². The smallest absolute Gasteiger partial charge is 0.312 e. The average Bonchev–Trinajstić information content (AvgIpc) is 3.06. The predicted octanol–water partition coefficient (Wildman–Crippen LogP) is -0.890. The normalized spacial score (nSPS) is 29.3. The van der Waals surface area contributed by atoms with Crippen molar-refractivity contribution in [2.24, 2.45) is 23.3 Å². The van der Waals surface area contributed by atoms with Crippen molar-refractivity contribution < 1.29 is 28.5 Å². The standard InChI is InChI=1S/2C6H11NO3.2ClH/c2*1-9-6(8)4-2-10-3-5(4)7;;/h2*4-5H,2-3,7H2,1H3;2*1H/t2*4-,5-;;/m10../s1. The minimum absolute atomic E-state index is 0. The van der Waals surface area contributed by atoms with Crippen LogP contribution in [-0.2, 0) is 28.5 Å². The monoisotopic (exact) mass is 362 g/mol. The Morgan fingerprint density at radius 3 is 1.32 bits per heavy atom. The molecule has 0 aromatic carbocycles. The van der Waals surface area contributed by atoms with Crippen LogP contribution in [0.4, 0.5) is 0 Å². The number of nitrogens with two attached hydrogens (primary N) is 2. The summed E-state index contributed by atoms with van der Waals surface area (Å²) in [5.74, 6) is -1.06. The quantitative estimate of drug-likeness (QED) is 0.606. The number of methoxy groups -OCH3 is 2. The molecule has 10 heteroatoms. The Labute approximate surface area is 142 Å². The second-order valence-corrected chi connectivity index (χ2v) is 4.66. The zero-order valence-corrected chi connectivity index (χ0v) is 14.2. The van der Waals surface area contributed by atoms with Crippen molar-refractivity contribution in [3.63, 3.8) is 0 Å². The van der Waals surface area contributed by atoms with E-state index in [0.29, 0.717) is 26.4 Å². The minimum Gasteiger partial charge on any atom is -0.469 e. The van der Waals surface area contributed by atoms with Crippen molar-refractivity contribution in [2.45, 2.75) is 12.1 Å². The topological polar surface area (TPSA) is 123 Å². The molecule has 0 amide bonds. The molecule has 0 bridgehead atoms. The highest BCUT2D eigenvalue weighted by molar-refractivity contribution is 5.85. The van der Waals surface area contributed by atoms with E-state index >= 15 is 0 Å². The van der Waals surface area contributed by atoms with Crippen LogP contribution in [0.25, 0.3) is 0 Å². The minimum atomic E-state index is -0.273. The SMILES string of the molecule is COC(=O)[C@@H]1COC[C@H]1N.COC(=O)[C@H]1COC[C@@H]1N.Cl.Cl. The molecule has 4 N–H and O–H groups in total. The van der Waals surface area contributed by atoms with Gasteiger partial charge in [0.1, 0.15) is 0 Å². The highest BCUT2D eigenvalue weighted by atomic mass is 35.5. The van der Waals surface area contributed by atoms with Gasteiger partial charge in [-0.05, 0) is 0 Å². The number of carbonyl (C=O) groups excluding carboxylic acids is 2. The molecule has 2 heterocycles. The molecule has 0 aromatic heterocycles. The molecule has 0 aliphatic carbocycles. The summed E-state index contributed by atoms with van der Waals surface area (Å²) in [7, 11) is 2.71. The number of rotatable bonds is 2. The molecule has 0 spiro atoms. The molecule has 0 radical (unpaired) electrons. The van der Waals surface area contributed by atoms with Gasteiger partial charge in [-0.1, -0.05) is 0 Å². The maximum atomic E-state index is 10.8. The predicted molar refractivity (Wildman–Crippen MR) is 83.1 cm³/mol. The lowest BCUT2D eigenvalue weighted by atomic mass is 10.1. The van der Waals surface area contributed by atoms with E-state index in [9.17, 15) is 9.59 Å². The number of halogens is 2. The van der Waals surface area contributed by atoms with Crippen LogP contribution in [-0.4, -0.2) is 64.7 Å². The first kappa shape index (κ1) is 23.6. The zero-order valence-electron chi connectivity index (χ0n) is 12.6. The van der Waals surface area contributed by atoms with Crippen LogP contribution in [0.3, 0.4) is 0 Å². The summed E-state index contributed by atoms with van der Waals surface area (Å²) in [6.45, 7) is 1.71. The van der Waals surface area contributed by atoms with Crippen LogP contribution in [0.2, 0.25) is 0 Å². The fraction of sp³-hybridized carbons (Fsp3) is 0.833. The second-order valence-electron chi connectivity index (χ2n) is 4.66. The Morgan fingerprint density at radius 1 is 0.818 bits per heavy atom. The number of ether oxygens (including phenoxy) is 4. The first-order chi connectivity index (χ1) is 9.51. The number of hydrogen-bond donors (Lipinski definition) is 2. The number of esters is 2. The van der Waals surface area contributed by atoms with Crippen molar-refractivity contribution in [1.29, 1.82) is 0 Å². The second kappa shape index (κ2) is 11.9. The van der Waals surface area contributed by atoms with Crippen molar-refractivity contribution in [3.05, 3.63) is 0 Å². The summed E-state index contributed by atoms with van der Waals surface area (Å²) in [6, 6.07) is -0.375. The van der Waals surface area contributed by atoms with Gasteiger partial charge in [0, 0.05) is 12.1 Å². The van der Waals surface area contributed by atoms with E-state index < -0.39 is 0 Å². The van der Waals surface area contributed by atoms with Gasteiger partial charge in [0.25, 0.3) is 0 Å². The molecular formula is C12H24Cl2N2O6. The van der Waals surface area contributed by atoms with E-state index in [0.717, 1.165) is 0 Å². The lowest BCUT2D eigenvalue weighted by Gasteiger charge is -2.08. The van der Waals surface area contributed by atoms with Gasteiger partial charge in [0.2, 0.25) is 0 Å². The van der Waals surface area contributed by atoms with Crippen molar-refractivity contribution in [2.75, 3.05) is 40.6 Å². The molecule has 0 aromatic rings. The van der Waals surface area contributed by atoms with E-state index in [2.05, 4.69) is 9.47 Å². The van der Waals surface area contributed by atoms with Crippen LogP contribution >= 0.6 is 24.8 Å². The Balaban J connectivity index is 0. The molecule has 0 saturated carbocycles. The summed E-state index contributed by atoms with van der Waals surface area (Å²) < 4.78 is 18.9. The van der Waals surface area contributed by atoms with Gasteiger partial charge in [-0.3, -0.25) is 9.59 Å². The lowest BCUT2D eigenvalue weighted by molar-refractivity contribution is -0.146. The lowest BCUT2D eigenvalue weighted by Crippen LogP contribution is -2.34. The van der Waals surface area contributed by atoms with Crippen LogP contribution in [0.5, 0.6) is 0 Å². The van der Waals surface area contributed by atoms with Crippen LogP contribution < -0.4 is 11.5 Å². The Kier molecular flexibility index (Phi) is 12.7. The van der Waals surface area contributed by atoms with Gasteiger partial charge in [0.05, 0.1) is 52.5 Å². The third kappa shape index (κ3) is 6.64. The van der Waals surface area contributed by atoms with Gasteiger partial charge in [-0.2, -0.15) is 0 Å². The first-order valence-corrected chi connectivity index (χ1v) is 6.33. The first-order valence-electron chi connectivity index (χ1n) is 6.33. The highest BCUT2D eigenvalue weighted by Crippen LogP contribution is 2.13. The van der Waals surface area contributed by atoms with Gasteiger partial charge < -0.3 is 30.4 Å². The van der Waals surface area contributed by atoms with Crippen LogP contribution in [0.1, 0.15) is 0 Å². The molecule has 2 rings (SSSR count). The van der Waals surface area contributed by atoms with Gasteiger partial charge in [-0.25, -0.2) is 0 Å². The van der Waals surface area contributed by atoms with Gasteiger partial charge in [-0.15, -0.1) is 24.8 Å². The van der Waals surface area contributed by atoms with E-state index in [4.69, 9.17) is 20.9 Å². The molecule has 0 unspecified atom stereocenters. The maximum Gasteiger partial charge on any atom is 0.312 e. The summed E-state index contributed by atoms with van der Waals surface area (Å²) in [5.41, 5.74) is 11.1. The van der Waals surface area contributed by atoms with Crippen molar-refractivity contribution >= 4 is 36.8 Å². The largest absolute Gasteiger partial charge is 0.469 e. The molecule has 2 aliphatic rings. The van der Waals surface area contributed by atoms with Gasteiger partial charge in [0.15, 0.2) is 0 Å². The number of carbonyl (C=O) groups is 2. The zero-order chi connectivity index (χ0) is 15.1. The summed E-state index contributed by atoms with van der Waals surface area (Å²) >= 11 is 0. The third-order valence-electron chi connectivity index (χ3n) is 3.26. The molecule has 132 valence electrons. The molecule has 4 atom stereocenters.